The predicted octanol–water partition coefficient (Wildman–Crippen LogP) is 2.94. The average Bonchev–Trinajstić information content (AvgIpc) is 2.87. The molecule has 0 bridgehead atoms. The summed E-state index contributed by atoms with van der Waals surface area (Å²) in [5.41, 5.74) is 0.443. The monoisotopic (exact) mass is 423 g/mol. The quantitative estimate of drug-likeness (QED) is 0.607. The van der Waals surface area contributed by atoms with Gasteiger partial charge in [0.2, 0.25) is 0 Å². The van der Waals surface area contributed by atoms with Gasteiger partial charge >= 0.3 is 5.97 Å². The van der Waals surface area contributed by atoms with Crippen LogP contribution in [0.2, 0.25) is 0 Å². The summed E-state index contributed by atoms with van der Waals surface area (Å²) in [5.74, 6) is -0.664. The summed E-state index contributed by atoms with van der Waals surface area (Å²) in [6.07, 6.45) is 0. The number of methoxy groups -OCH3 is 1. The number of nitrogens with one attached hydrogen (secondary N) is 1. The molecule has 1 aromatic carbocycles. The number of hydrogen-bond acceptors (Lipinski definition) is 5. The lowest BCUT2D eigenvalue weighted by molar-refractivity contribution is 0.0602. The summed E-state index contributed by atoms with van der Waals surface area (Å²) in [5, 5.41) is 1.54. The van der Waals surface area contributed by atoms with E-state index in [0.717, 1.165) is 14.9 Å². The minimum atomic E-state index is -3.82. The SMILES string of the molecule is COC(=O)c1sccc1S(=O)(=O)Nc1cccc(I)c1. The average molecular weight is 423 g/mol. The Hall–Kier alpha value is -1.13. The molecule has 0 amide bonds. The van der Waals surface area contributed by atoms with Gasteiger partial charge in [-0.1, -0.05) is 6.07 Å². The van der Waals surface area contributed by atoms with Crippen LogP contribution in [0.3, 0.4) is 0 Å². The summed E-state index contributed by atoms with van der Waals surface area (Å²) in [4.78, 5) is 11.5. The molecule has 2 aromatic rings. The van der Waals surface area contributed by atoms with Gasteiger partial charge in [0.05, 0.1) is 7.11 Å². The third-order valence-electron chi connectivity index (χ3n) is 2.37. The van der Waals surface area contributed by atoms with Crippen molar-refractivity contribution in [1.82, 2.24) is 0 Å². The first-order chi connectivity index (χ1) is 9.44. The summed E-state index contributed by atoms with van der Waals surface area (Å²) < 4.78 is 32.5. The zero-order valence-electron chi connectivity index (χ0n) is 10.3. The summed E-state index contributed by atoms with van der Waals surface area (Å²) >= 11 is 3.11. The molecule has 1 aromatic heterocycles. The molecule has 0 aliphatic heterocycles. The Labute approximate surface area is 134 Å². The Kier molecular flexibility index (Phi) is 4.66. The number of halogens is 1. The highest BCUT2D eigenvalue weighted by atomic mass is 127. The van der Waals surface area contributed by atoms with Crippen LogP contribution in [0.1, 0.15) is 9.67 Å². The number of carbonyl (C=O) groups is 1. The topological polar surface area (TPSA) is 72.5 Å². The van der Waals surface area contributed by atoms with Crippen LogP contribution in [0, 0.1) is 3.57 Å². The van der Waals surface area contributed by atoms with Crippen molar-refractivity contribution in [1.29, 1.82) is 0 Å². The molecule has 1 N–H and O–H groups in total. The van der Waals surface area contributed by atoms with Crippen LogP contribution in [0.25, 0.3) is 0 Å². The number of hydrogen-bond donors (Lipinski definition) is 1. The number of sulfonamides is 1. The number of carbonyl (C=O) groups excluding carboxylic acids is 1. The van der Waals surface area contributed by atoms with E-state index in [0.29, 0.717) is 5.69 Å². The molecule has 20 heavy (non-hydrogen) atoms. The van der Waals surface area contributed by atoms with E-state index < -0.39 is 16.0 Å². The number of esters is 1. The van der Waals surface area contributed by atoms with E-state index >= 15 is 0 Å². The standard InChI is InChI=1S/C12H10INO4S2/c1-18-12(15)11-10(5-6-19-11)20(16,17)14-9-4-2-3-8(13)7-9/h2-7,14H,1H3. The van der Waals surface area contributed by atoms with Crippen LogP contribution < -0.4 is 4.72 Å². The van der Waals surface area contributed by atoms with Crippen molar-refractivity contribution < 1.29 is 17.9 Å². The lowest BCUT2D eigenvalue weighted by atomic mass is 10.3. The summed E-state index contributed by atoms with van der Waals surface area (Å²) in [6, 6.07) is 8.32. The maximum Gasteiger partial charge on any atom is 0.349 e. The van der Waals surface area contributed by atoms with Crippen molar-refractivity contribution in [2.24, 2.45) is 0 Å². The third-order valence-corrected chi connectivity index (χ3v) is 5.48. The number of anilines is 1. The fourth-order valence-electron chi connectivity index (χ4n) is 1.51. The van der Waals surface area contributed by atoms with Gasteiger partial charge in [-0.05, 0) is 52.2 Å². The van der Waals surface area contributed by atoms with E-state index in [1.807, 2.05) is 6.07 Å². The van der Waals surface area contributed by atoms with Gasteiger partial charge in [-0.15, -0.1) is 11.3 Å². The van der Waals surface area contributed by atoms with Crippen LogP contribution in [0.4, 0.5) is 5.69 Å². The Morgan fingerprint density at radius 3 is 2.75 bits per heavy atom. The van der Waals surface area contributed by atoms with Gasteiger partial charge in [0.15, 0.2) is 0 Å². The fraction of sp³-hybridized carbons (Fsp3) is 0.0833. The zero-order chi connectivity index (χ0) is 14.8. The van der Waals surface area contributed by atoms with Crippen LogP contribution in [0.15, 0.2) is 40.6 Å². The largest absolute Gasteiger partial charge is 0.465 e. The molecular formula is C12H10INO4S2. The first-order valence-electron chi connectivity index (χ1n) is 5.38. The van der Waals surface area contributed by atoms with Crippen LogP contribution >= 0.6 is 33.9 Å². The molecule has 0 aliphatic rings. The predicted molar refractivity (Wildman–Crippen MR) is 85.6 cm³/mol. The van der Waals surface area contributed by atoms with E-state index in [-0.39, 0.29) is 9.77 Å². The lowest BCUT2D eigenvalue weighted by Gasteiger charge is -2.08. The molecule has 106 valence electrons. The van der Waals surface area contributed by atoms with Crippen molar-refractivity contribution >= 4 is 55.6 Å². The van der Waals surface area contributed by atoms with Gasteiger partial charge < -0.3 is 4.74 Å². The normalized spacial score (nSPS) is 11.1. The molecule has 5 nitrogen and oxygen atoms in total. The van der Waals surface area contributed by atoms with Gasteiger partial charge in [-0.3, -0.25) is 4.72 Å². The molecule has 2 rings (SSSR count). The van der Waals surface area contributed by atoms with E-state index in [1.54, 1.807) is 18.2 Å². The smallest absolute Gasteiger partial charge is 0.349 e. The molecule has 0 fully saturated rings. The number of ether oxygens (including phenoxy) is 1. The first kappa shape index (κ1) is 15.3. The first-order valence-corrected chi connectivity index (χ1v) is 8.82. The Morgan fingerprint density at radius 1 is 1.35 bits per heavy atom. The molecule has 0 aliphatic carbocycles. The van der Waals surface area contributed by atoms with Gasteiger partial charge in [-0.2, -0.15) is 0 Å². The molecule has 8 heteroatoms. The van der Waals surface area contributed by atoms with Crippen molar-refractivity contribution in [3.05, 3.63) is 44.2 Å². The third kappa shape index (κ3) is 3.30. The van der Waals surface area contributed by atoms with Gasteiger partial charge in [0.25, 0.3) is 10.0 Å². The van der Waals surface area contributed by atoms with Crippen LogP contribution in [0.5, 0.6) is 0 Å². The maximum atomic E-state index is 12.3. The summed E-state index contributed by atoms with van der Waals surface area (Å²) in [6.45, 7) is 0. The van der Waals surface area contributed by atoms with Gasteiger partial charge in [-0.25, -0.2) is 13.2 Å². The van der Waals surface area contributed by atoms with Gasteiger partial charge in [0, 0.05) is 9.26 Å². The van der Waals surface area contributed by atoms with Crippen molar-refractivity contribution in [2.75, 3.05) is 11.8 Å². The molecule has 0 spiro atoms. The Bertz CT molecular complexity index is 739. The molecule has 0 atom stereocenters. The lowest BCUT2D eigenvalue weighted by Crippen LogP contribution is -2.15. The van der Waals surface area contributed by atoms with Crippen LogP contribution in [-0.4, -0.2) is 21.5 Å². The fourth-order valence-corrected chi connectivity index (χ4v) is 4.44. The van der Waals surface area contributed by atoms with Crippen LogP contribution in [-0.2, 0) is 14.8 Å². The highest BCUT2D eigenvalue weighted by molar-refractivity contribution is 14.1. The van der Waals surface area contributed by atoms with Crippen molar-refractivity contribution in [2.45, 2.75) is 4.90 Å². The second kappa shape index (κ2) is 6.10. The number of rotatable bonds is 4. The molecular weight excluding hydrogens is 413 g/mol. The Morgan fingerprint density at radius 2 is 2.10 bits per heavy atom. The molecule has 0 saturated heterocycles. The molecule has 1 heterocycles. The maximum absolute atomic E-state index is 12.3. The van der Waals surface area contributed by atoms with Crippen molar-refractivity contribution in [3.8, 4) is 0 Å². The van der Waals surface area contributed by atoms with E-state index in [4.69, 9.17) is 0 Å². The number of benzene rings is 1. The summed E-state index contributed by atoms with van der Waals surface area (Å²) in [7, 11) is -2.60. The van der Waals surface area contributed by atoms with E-state index in [9.17, 15) is 13.2 Å². The molecule has 0 radical (unpaired) electrons. The number of thiophene rings is 1. The molecule has 0 unspecified atom stereocenters. The molecule has 0 saturated carbocycles. The van der Waals surface area contributed by atoms with E-state index in [1.165, 1.54) is 18.6 Å². The second-order valence-electron chi connectivity index (χ2n) is 3.72. The minimum absolute atomic E-state index is 0.0608. The van der Waals surface area contributed by atoms with Crippen molar-refractivity contribution in [3.63, 3.8) is 0 Å². The highest BCUT2D eigenvalue weighted by Crippen LogP contribution is 2.25. The van der Waals surface area contributed by atoms with Gasteiger partial charge in [0.1, 0.15) is 9.77 Å². The second-order valence-corrected chi connectivity index (χ2v) is 7.53. The highest BCUT2D eigenvalue weighted by Gasteiger charge is 2.24. The zero-order valence-corrected chi connectivity index (χ0v) is 14.1. The Balaban J connectivity index is 2.36. The minimum Gasteiger partial charge on any atom is -0.465 e. The van der Waals surface area contributed by atoms with E-state index in [2.05, 4.69) is 32.0 Å².